The Labute approximate surface area is 96.3 Å². The van der Waals surface area contributed by atoms with Gasteiger partial charge >= 0.3 is 0 Å². The number of nitrogens with zero attached hydrogens (tertiary/aromatic N) is 1. The van der Waals surface area contributed by atoms with Gasteiger partial charge in [-0.3, -0.25) is 4.90 Å². The fourth-order valence-corrected chi connectivity index (χ4v) is 2.18. The summed E-state index contributed by atoms with van der Waals surface area (Å²) < 4.78 is 0. The Morgan fingerprint density at radius 1 is 1.06 bits per heavy atom. The van der Waals surface area contributed by atoms with Crippen LogP contribution in [0.25, 0.3) is 0 Å². The van der Waals surface area contributed by atoms with E-state index < -0.39 is 12.2 Å². The van der Waals surface area contributed by atoms with E-state index in [2.05, 4.69) is 29.2 Å². The number of β-amino-alcohol motifs (C(OH)–C–C–N with tert-alkyl or cyclic N) is 2. The number of hydrogen-bond acceptors (Lipinski definition) is 3. The van der Waals surface area contributed by atoms with E-state index >= 15 is 0 Å². The van der Waals surface area contributed by atoms with Crippen molar-refractivity contribution in [1.82, 2.24) is 4.90 Å². The van der Waals surface area contributed by atoms with Crippen molar-refractivity contribution in [3.63, 3.8) is 0 Å². The molecule has 1 heterocycles. The number of aliphatic hydroxyl groups excluding tert-OH is 2. The van der Waals surface area contributed by atoms with Crippen LogP contribution in [0.3, 0.4) is 0 Å². The molecule has 1 aliphatic heterocycles. The molecule has 3 nitrogen and oxygen atoms in total. The SMILES string of the molecule is OC1CN(CCCc2ccccc2)CC1O. The molecule has 1 saturated heterocycles. The molecule has 3 heteroatoms. The van der Waals surface area contributed by atoms with Gasteiger partial charge in [0, 0.05) is 13.1 Å². The van der Waals surface area contributed by atoms with E-state index in [4.69, 9.17) is 0 Å². The van der Waals surface area contributed by atoms with Crippen LogP contribution >= 0.6 is 0 Å². The molecule has 0 bridgehead atoms. The summed E-state index contributed by atoms with van der Waals surface area (Å²) >= 11 is 0. The molecule has 1 fully saturated rings. The molecule has 0 aliphatic carbocycles. The van der Waals surface area contributed by atoms with Crippen molar-refractivity contribution < 1.29 is 10.2 Å². The number of hydrogen-bond donors (Lipinski definition) is 2. The smallest absolute Gasteiger partial charge is 0.0938 e. The topological polar surface area (TPSA) is 43.7 Å². The lowest BCUT2D eigenvalue weighted by Gasteiger charge is -2.14. The molecule has 0 spiro atoms. The lowest BCUT2D eigenvalue weighted by atomic mass is 10.1. The highest BCUT2D eigenvalue weighted by Gasteiger charge is 2.28. The first-order valence-corrected chi connectivity index (χ1v) is 5.88. The van der Waals surface area contributed by atoms with Crippen molar-refractivity contribution in [1.29, 1.82) is 0 Å². The van der Waals surface area contributed by atoms with Crippen LogP contribution in [-0.4, -0.2) is 47.0 Å². The van der Waals surface area contributed by atoms with Crippen LogP contribution in [0.4, 0.5) is 0 Å². The van der Waals surface area contributed by atoms with Crippen LogP contribution in [-0.2, 0) is 6.42 Å². The molecule has 16 heavy (non-hydrogen) atoms. The summed E-state index contributed by atoms with van der Waals surface area (Å²) in [7, 11) is 0. The third-order valence-corrected chi connectivity index (χ3v) is 3.12. The molecule has 1 aromatic rings. The second kappa shape index (κ2) is 5.43. The van der Waals surface area contributed by atoms with Crippen molar-refractivity contribution in [3.8, 4) is 0 Å². The lowest BCUT2D eigenvalue weighted by Crippen LogP contribution is -2.23. The van der Waals surface area contributed by atoms with Gasteiger partial charge in [0.1, 0.15) is 0 Å². The van der Waals surface area contributed by atoms with Gasteiger partial charge < -0.3 is 10.2 Å². The minimum atomic E-state index is -0.559. The van der Waals surface area contributed by atoms with Gasteiger partial charge in [0.25, 0.3) is 0 Å². The quantitative estimate of drug-likeness (QED) is 0.785. The van der Waals surface area contributed by atoms with Crippen molar-refractivity contribution in [3.05, 3.63) is 35.9 Å². The molecule has 1 aliphatic rings. The minimum Gasteiger partial charge on any atom is -0.389 e. The van der Waals surface area contributed by atoms with E-state index in [1.807, 2.05) is 6.07 Å². The molecule has 0 radical (unpaired) electrons. The van der Waals surface area contributed by atoms with Gasteiger partial charge in [-0.25, -0.2) is 0 Å². The van der Waals surface area contributed by atoms with Crippen LogP contribution in [0.15, 0.2) is 30.3 Å². The molecule has 88 valence electrons. The van der Waals surface area contributed by atoms with Crippen LogP contribution in [0.2, 0.25) is 0 Å². The van der Waals surface area contributed by atoms with Crippen LogP contribution < -0.4 is 0 Å². The summed E-state index contributed by atoms with van der Waals surface area (Å²) in [4.78, 5) is 2.12. The first-order chi connectivity index (χ1) is 7.75. The van der Waals surface area contributed by atoms with Gasteiger partial charge in [0.15, 0.2) is 0 Å². The number of benzene rings is 1. The van der Waals surface area contributed by atoms with Crippen LogP contribution in [0.5, 0.6) is 0 Å². The predicted octanol–water partition coefficient (Wildman–Crippen LogP) is 0.657. The van der Waals surface area contributed by atoms with Gasteiger partial charge in [0.05, 0.1) is 12.2 Å². The third kappa shape index (κ3) is 3.04. The standard InChI is InChI=1S/C13H19NO2/c15-12-9-14(10-13(12)16)8-4-7-11-5-2-1-3-6-11/h1-3,5-6,12-13,15-16H,4,7-10H2. The molecule has 2 rings (SSSR count). The number of likely N-dealkylation sites (tertiary alicyclic amines) is 1. The normalized spacial score (nSPS) is 26.1. The van der Waals surface area contributed by atoms with E-state index in [1.165, 1.54) is 5.56 Å². The molecule has 2 atom stereocenters. The maximum absolute atomic E-state index is 9.39. The lowest BCUT2D eigenvalue weighted by molar-refractivity contribution is 0.0572. The highest BCUT2D eigenvalue weighted by Crippen LogP contribution is 2.11. The summed E-state index contributed by atoms with van der Waals surface area (Å²) in [6.45, 7) is 2.16. The Morgan fingerprint density at radius 3 is 2.31 bits per heavy atom. The molecule has 0 aromatic heterocycles. The fourth-order valence-electron chi connectivity index (χ4n) is 2.18. The summed E-state index contributed by atoms with van der Waals surface area (Å²) in [5, 5.41) is 18.8. The van der Waals surface area contributed by atoms with Crippen molar-refractivity contribution in [2.45, 2.75) is 25.0 Å². The summed E-state index contributed by atoms with van der Waals surface area (Å²) in [5.74, 6) is 0. The van der Waals surface area contributed by atoms with Crippen molar-refractivity contribution in [2.75, 3.05) is 19.6 Å². The largest absolute Gasteiger partial charge is 0.389 e. The molecule has 0 saturated carbocycles. The highest BCUT2D eigenvalue weighted by molar-refractivity contribution is 5.14. The number of aryl methyl sites for hydroxylation is 1. The summed E-state index contributed by atoms with van der Waals surface area (Å²) in [5.41, 5.74) is 1.35. The molecule has 2 N–H and O–H groups in total. The van der Waals surface area contributed by atoms with Gasteiger partial charge in [-0.1, -0.05) is 30.3 Å². The molecule has 0 amide bonds. The predicted molar refractivity (Wildman–Crippen MR) is 63.2 cm³/mol. The van der Waals surface area contributed by atoms with Crippen LogP contribution in [0.1, 0.15) is 12.0 Å². The molecular weight excluding hydrogens is 202 g/mol. The maximum atomic E-state index is 9.39. The highest BCUT2D eigenvalue weighted by atomic mass is 16.3. The first-order valence-electron chi connectivity index (χ1n) is 5.88. The Morgan fingerprint density at radius 2 is 1.69 bits per heavy atom. The van der Waals surface area contributed by atoms with Gasteiger partial charge in [-0.15, -0.1) is 0 Å². The third-order valence-electron chi connectivity index (χ3n) is 3.12. The van der Waals surface area contributed by atoms with E-state index in [1.54, 1.807) is 0 Å². The molecular formula is C13H19NO2. The van der Waals surface area contributed by atoms with E-state index in [9.17, 15) is 10.2 Å². The Hall–Kier alpha value is -0.900. The zero-order valence-corrected chi connectivity index (χ0v) is 9.42. The molecule has 2 unspecified atom stereocenters. The maximum Gasteiger partial charge on any atom is 0.0938 e. The Bertz CT molecular complexity index is 305. The van der Waals surface area contributed by atoms with E-state index in [0.29, 0.717) is 13.1 Å². The van der Waals surface area contributed by atoms with Gasteiger partial charge in [-0.2, -0.15) is 0 Å². The van der Waals surface area contributed by atoms with Gasteiger partial charge in [0.2, 0.25) is 0 Å². The number of aliphatic hydroxyl groups is 2. The zero-order chi connectivity index (χ0) is 11.4. The Balaban J connectivity index is 1.69. The summed E-state index contributed by atoms with van der Waals surface area (Å²) in [6, 6.07) is 10.4. The van der Waals surface area contributed by atoms with Crippen molar-refractivity contribution >= 4 is 0 Å². The number of rotatable bonds is 4. The average Bonchev–Trinajstić information content (AvgIpc) is 2.60. The van der Waals surface area contributed by atoms with Crippen molar-refractivity contribution in [2.24, 2.45) is 0 Å². The Kier molecular flexibility index (Phi) is 3.93. The molecule has 1 aromatic carbocycles. The average molecular weight is 221 g/mol. The first kappa shape index (κ1) is 11.6. The van der Waals surface area contributed by atoms with E-state index in [-0.39, 0.29) is 0 Å². The zero-order valence-electron chi connectivity index (χ0n) is 9.42. The fraction of sp³-hybridized carbons (Fsp3) is 0.538. The van der Waals surface area contributed by atoms with E-state index in [0.717, 1.165) is 19.4 Å². The monoisotopic (exact) mass is 221 g/mol. The minimum absolute atomic E-state index is 0.559. The summed E-state index contributed by atoms with van der Waals surface area (Å²) in [6.07, 6.45) is 1.01. The second-order valence-electron chi connectivity index (χ2n) is 4.48. The van der Waals surface area contributed by atoms with Gasteiger partial charge in [-0.05, 0) is 24.9 Å². The van der Waals surface area contributed by atoms with Crippen LogP contribution in [0, 0.1) is 0 Å². The second-order valence-corrected chi connectivity index (χ2v) is 4.48.